The van der Waals surface area contributed by atoms with E-state index in [0.29, 0.717) is 6.54 Å². The molecule has 0 fully saturated rings. The molecular formula is C12H11Cl2N5O. The Hall–Kier alpha value is -1.92. The van der Waals surface area contributed by atoms with Crippen molar-refractivity contribution < 1.29 is 4.79 Å². The van der Waals surface area contributed by atoms with Crippen LogP contribution in [0.2, 0.25) is 10.6 Å². The van der Waals surface area contributed by atoms with Crippen LogP contribution in [0, 0.1) is 0 Å². The molecule has 1 aromatic heterocycles. The van der Waals surface area contributed by atoms with Crippen molar-refractivity contribution in [1.82, 2.24) is 20.3 Å². The minimum Gasteiger partial charge on any atom is -0.350 e. The third kappa shape index (κ3) is 4.64. The van der Waals surface area contributed by atoms with E-state index in [0.717, 1.165) is 5.56 Å². The summed E-state index contributed by atoms with van der Waals surface area (Å²) in [5, 5.41) is 5.42. The Kier molecular flexibility index (Phi) is 5.09. The number of carbonyl (C=O) groups is 1. The fourth-order valence-corrected chi connectivity index (χ4v) is 1.79. The molecule has 8 heteroatoms. The van der Waals surface area contributed by atoms with Crippen molar-refractivity contribution in [3.8, 4) is 0 Å². The zero-order chi connectivity index (χ0) is 14.4. The number of amides is 1. The molecule has 104 valence electrons. The molecule has 0 atom stereocenters. The molecule has 0 aliphatic heterocycles. The first kappa shape index (κ1) is 14.5. The van der Waals surface area contributed by atoms with Gasteiger partial charge in [-0.2, -0.15) is 15.0 Å². The zero-order valence-electron chi connectivity index (χ0n) is 10.3. The minimum absolute atomic E-state index is 0.0174. The number of rotatable bonds is 5. The minimum atomic E-state index is -0.193. The van der Waals surface area contributed by atoms with Crippen LogP contribution in [0.3, 0.4) is 0 Å². The maximum absolute atomic E-state index is 11.6. The number of nitrogens with one attached hydrogen (secondary N) is 2. The fourth-order valence-electron chi connectivity index (χ4n) is 1.42. The van der Waals surface area contributed by atoms with Crippen molar-refractivity contribution >= 4 is 35.1 Å². The third-order valence-corrected chi connectivity index (χ3v) is 2.66. The summed E-state index contributed by atoms with van der Waals surface area (Å²) in [6.45, 7) is 0.476. The van der Waals surface area contributed by atoms with Crippen LogP contribution in [0.5, 0.6) is 0 Å². The normalized spacial score (nSPS) is 10.1. The largest absolute Gasteiger partial charge is 0.350 e. The molecule has 1 aromatic carbocycles. The highest BCUT2D eigenvalue weighted by Crippen LogP contribution is 2.08. The first-order valence-corrected chi connectivity index (χ1v) is 6.50. The van der Waals surface area contributed by atoms with E-state index in [2.05, 4.69) is 25.6 Å². The van der Waals surface area contributed by atoms with Gasteiger partial charge in [0, 0.05) is 6.54 Å². The lowest BCUT2D eigenvalue weighted by Gasteiger charge is -2.07. The van der Waals surface area contributed by atoms with E-state index in [1.165, 1.54) is 0 Å². The van der Waals surface area contributed by atoms with Gasteiger partial charge in [0.2, 0.25) is 22.4 Å². The van der Waals surface area contributed by atoms with Gasteiger partial charge in [0.1, 0.15) is 0 Å². The summed E-state index contributed by atoms with van der Waals surface area (Å²) in [5.74, 6) is -0.0358. The average molecular weight is 312 g/mol. The fraction of sp³-hybridized carbons (Fsp3) is 0.167. The quantitative estimate of drug-likeness (QED) is 0.881. The Labute approximate surface area is 125 Å². The molecule has 0 aliphatic rings. The molecular weight excluding hydrogens is 301 g/mol. The number of benzene rings is 1. The number of carbonyl (C=O) groups excluding carboxylic acids is 1. The van der Waals surface area contributed by atoms with Gasteiger partial charge in [-0.25, -0.2) is 0 Å². The molecule has 2 rings (SSSR count). The van der Waals surface area contributed by atoms with Crippen LogP contribution in [0.4, 0.5) is 5.95 Å². The second-order valence-electron chi connectivity index (χ2n) is 3.81. The highest BCUT2D eigenvalue weighted by atomic mass is 35.5. The molecule has 0 aliphatic carbocycles. The standard InChI is InChI=1S/C12H11Cl2N5O/c13-10-17-11(14)19-12(18-10)16-7-9(20)15-6-8-4-2-1-3-5-8/h1-5H,6-7H2,(H,15,20)(H,16,17,18,19). The predicted octanol–water partition coefficient (Wildman–Crippen LogP) is 1.91. The molecule has 1 amide bonds. The molecule has 1 heterocycles. The van der Waals surface area contributed by atoms with Crippen molar-refractivity contribution in [2.45, 2.75) is 6.54 Å². The van der Waals surface area contributed by atoms with Crippen LogP contribution < -0.4 is 10.6 Å². The smallest absolute Gasteiger partial charge is 0.239 e. The van der Waals surface area contributed by atoms with Gasteiger partial charge in [-0.05, 0) is 28.8 Å². The first-order chi connectivity index (χ1) is 9.63. The average Bonchev–Trinajstić information content (AvgIpc) is 2.43. The Morgan fingerprint density at radius 3 is 2.35 bits per heavy atom. The molecule has 0 saturated carbocycles. The van der Waals surface area contributed by atoms with Gasteiger partial charge in [0.15, 0.2) is 0 Å². The van der Waals surface area contributed by atoms with E-state index in [1.54, 1.807) is 0 Å². The lowest BCUT2D eigenvalue weighted by atomic mass is 10.2. The predicted molar refractivity (Wildman–Crippen MR) is 76.6 cm³/mol. The van der Waals surface area contributed by atoms with Gasteiger partial charge in [0.25, 0.3) is 0 Å². The summed E-state index contributed by atoms with van der Waals surface area (Å²) in [6.07, 6.45) is 0. The summed E-state index contributed by atoms with van der Waals surface area (Å²) in [4.78, 5) is 22.8. The molecule has 0 radical (unpaired) electrons. The maximum Gasteiger partial charge on any atom is 0.239 e. The van der Waals surface area contributed by atoms with Gasteiger partial charge in [0.05, 0.1) is 6.54 Å². The van der Waals surface area contributed by atoms with E-state index in [1.807, 2.05) is 30.3 Å². The van der Waals surface area contributed by atoms with E-state index >= 15 is 0 Å². The summed E-state index contributed by atoms with van der Waals surface area (Å²) < 4.78 is 0. The molecule has 2 N–H and O–H groups in total. The number of hydrogen-bond acceptors (Lipinski definition) is 5. The Bertz CT molecular complexity index is 573. The van der Waals surface area contributed by atoms with Gasteiger partial charge in [-0.15, -0.1) is 0 Å². The number of halogens is 2. The van der Waals surface area contributed by atoms with Crippen LogP contribution >= 0.6 is 23.2 Å². The second kappa shape index (κ2) is 7.02. The molecule has 0 bridgehead atoms. The molecule has 20 heavy (non-hydrogen) atoms. The lowest BCUT2D eigenvalue weighted by molar-refractivity contribution is -0.119. The van der Waals surface area contributed by atoms with Crippen molar-refractivity contribution in [2.75, 3.05) is 11.9 Å². The van der Waals surface area contributed by atoms with E-state index in [9.17, 15) is 4.79 Å². The Balaban J connectivity index is 1.80. The SMILES string of the molecule is O=C(CNc1nc(Cl)nc(Cl)n1)NCc1ccccc1. The number of aromatic nitrogens is 3. The second-order valence-corrected chi connectivity index (χ2v) is 4.49. The molecule has 2 aromatic rings. The third-order valence-electron chi connectivity index (χ3n) is 2.32. The zero-order valence-corrected chi connectivity index (χ0v) is 11.8. The Morgan fingerprint density at radius 2 is 1.70 bits per heavy atom. The van der Waals surface area contributed by atoms with Gasteiger partial charge in [-0.1, -0.05) is 30.3 Å². The van der Waals surface area contributed by atoms with Crippen LogP contribution in [0.25, 0.3) is 0 Å². The van der Waals surface area contributed by atoms with Crippen molar-refractivity contribution in [3.63, 3.8) is 0 Å². The van der Waals surface area contributed by atoms with Crippen molar-refractivity contribution in [3.05, 3.63) is 46.5 Å². The van der Waals surface area contributed by atoms with Gasteiger partial charge < -0.3 is 10.6 Å². The maximum atomic E-state index is 11.6. The molecule has 6 nitrogen and oxygen atoms in total. The molecule has 0 saturated heterocycles. The summed E-state index contributed by atoms with van der Waals surface area (Å²) >= 11 is 11.2. The van der Waals surface area contributed by atoms with Crippen LogP contribution in [-0.2, 0) is 11.3 Å². The van der Waals surface area contributed by atoms with E-state index in [-0.39, 0.29) is 29.0 Å². The molecule has 0 spiro atoms. The summed E-state index contributed by atoms with van der Waals surface area (Å²) in [7, 11) is 0. The van der Waals surface area contributed by atoms with Crippen LogP contribution in [0.1, 0.15) is 5.56 Å². The van der Waals surface area contributed by atoms with Crippen molar-refractivity contribution in [2.24, 2.45) is 0 Å². The lowest BCUT2D eigenvalue weighted by Crippen LogP contribution is -2.29. The van der Waals surface area contributed by atoms with Crippen molar-refractivity contribution in [1.29, 1.82) is 0 Å². The first-order valence-electron chi connectivity index (χ1n) is 5.75. The highest BCUT2D eigenvalue weighted by molar-refractivity contribution is 6.31. The summed E-state index contributed by atoms with van der Waals surface area (Å²) in [6, 6.07) is 9.60. The monoisotopic (exact) mass is 311 g/mol. The number of hydrogen-bond donors (Lipinski definition) is 2. The topological polar surface area (TPSA) is 79.8 Å². The van der Waals surface area contributed by atoms with Crippen LogP contribution in [-0.4, -0.2) is 27.4 Å². The number of nitrogens with zero attached hydrogens (tertiary/aromatic N) is 3. The summed E-state index contributed by atoms with van der Waals surface area (Å²) in [5.41, 5.74) is 1.02. The van der Waals surface area contributed by atoms with Crippen LogP contribution in [0.15, 0.2) is 30.3 Å². The van der Waals surface area contributed by atoms with E-state index < -0.39 is 0 Å². The van der Waals surface area contributed by atoms with Gasteiger partial charge in [-0.3, -0.25) is 4.79 Å². The molecule has 0 unspecified atom stereocenters. The van der Waals surface area contributed by atoms with E-state index in [4.69, 9.17) is 23.2 Å². The Morgan fingerprint density at radius 1 is 1.05 bits per heavy atom. The van der Waals surface area contributed by atoms with Gasteiger partial charge >= 0.3 is 0 Å². The highest BCUT2D eigenvalue weighted by Gasteiger charge is 2.05. The number of anilines is 1.